The Bertz CT molecular complexity index is 11.7. The van der Waals surface area contributed by atoms with Gasteiger partial charge in [-0.25, -0.2) is 0 Å². The van der Waals surface area contributed by atoms with Crippen molar-refractivity contribution in [2.75, 3.05) is 0 Å². The van der Waals surface area contributed by atoms with Gasteiger partial charge in [0.2, 0.25) is 0 Å². The molecule has 0 heterocycles. The van der Waals surface area contributed by atoms with E-state index in [1.165, 1.54) is 0 Å². The third-order valence-electron chi connectivity index (χ3n) is 0. The standard InChI is InChI=1S/Ce.Cr.Ni.4O/q2*+3;+2;4*-2. The van der Waals surface area contributed by atoms with Gasteiger partial charge in [0.1, 0.15) is 0 Å². The van der Waals surface area contributed by atoms with E-state index in [-0.39, 0.29) is 97.5 Å². The Hall–Kier alpha value is 2.24. The van der Waals surface area contributed by atoms with Crippen LogP contribution in [0.15, 0.2) is 0 Å². The SMILES string of the molecule is [Ce+3].[Cr+3].[Ni+2].[O-2].[O-2].[O-2].[O-2]. The Labute approximate surface area is 96.1 Å². The van der Waals surface area contributed by atoms with E-state index in [0.29, 0.717) is 0 Å². The van der Waals surface area contributed by atoms with Gasteiger partial charge in [-0.1, -0.05) is 0 Å². The molecule has 0 aromatic carbocycles. The fourth-order valence-corrected chi connectivity index (χ4v) is 0. The van der Waals surface area contributed by atoms with Crippen LogP contribution in [0, 0.1) is 41.7 Å². The predicted octanol–water partition coefficient (Wildman–Crippen LogP) is -0.480. The molecule has 0 fully saturated rings. The second kappa shape index (κ2) is 86.0. The van der Waals surface area contributed by atoms with Crippen LogP contribution in [0.2, 0.25) is 0 Å². The molecule has 0 N–H and O–H groups in total. The monoisotopic (exact) mass is 314 g/mol. The van der Waals surface area contributed by atoms with E-state index in [4.69, 9.17) is 0 Å². The zero-order chi connectivity index (χ0) is 0. The predicted molar refractivity (Wildman–Crippen MR) is 2.75 cm³/mol. The zero-order valence-electron chi connectivity index (χ0n) is 2.86. The van der Waals surface area contributed by atoms with Crippen LogP contribution in [-0.4, -0.2) is 0 Å². The van der Waals surface area contributed by atoms with Crippen molar-refractivity contribution in [1.82, 2.24) is 0 Å². The average molecular weight is 315 g/mol. The van der Waals surface area contributed by atoms with E-state index in [1.807, 2.05) is 0 Å². The molecule has 0 aliphatic rings. The van der Waals surface area contributed by atoms with E-state index in [0.717, 1.165) is 0 Å². The van der Waals surface area contributed by atoms with Gasteiger partial charge in [0.05, 0.1) is 0 Å². The van der Waals surface area contributed by atoms with Crippen molar-refractivity contribution in [3.05, 3.63) is 0 Å². The molecule has 0 atom stereocenters. The van der Waals surface area contributed by atoms with Crippen molar-refractivity contribution >= 4 is 0 Å². The molecule has 7 heteroatoms. The van der Waals surface area contributed by atoms with Gasteiger partial charge in [-0.15, -0.1) is 0 Å². The van der Waals surface area contributed by atoms with Crippen molar-refractivity contribution in [3.63, 3.8) is 0 Å². The van der Waals surface area contributed by atoms with Crippen LogP contribution in [-0.2, 0) is 55.8 Å². The van der Waals surface area contributed by atoms with Gasteiger partial charge in [0.25, 0.3) is 0 Å². The summed E-state index contributed by atoms with van der Waals surface area (Å²) in [7, 11) is 0. The van der Waals surface area contributed by atoms with Crippen LogP contribution >= 0.6 is 0 Å². The minimum atomic E-state index is 0. The molecule has 7 heavy (non-hydrogen) atoms. The van der Waals surface area contributed by atoms with Gasteiger partial charge in [-0.05, 0) is 0 Å². The van der Waals surface area contributed by atoms with Gasteiger partial charge in [-0.3, -0.25) is 0 Å². The van der Waals surface area contributed by atoms with Gasteiger partial charge in [0, 0.05) is 0 Å². The van der Waals surface area contributed by atoms with Gasteiger partial charge in [-0.2, -0.15) is 0 Å². The fourth-order valence-electron chi connectivity index (χ4n) is 0. The van der Waals surface area contributed by atoms with Gasteiger partial charge < -0.3 is 21.9 Å². The van der Waals surface area contributed by atoms with Crippen molar-refractivity contribution in [1.29, 1.82) is 0 Å². The number of hydrogen-bond acceptors (Lipinski definition) is 0. The minimum absolute atomic E-state index is 0. The van der Waals surface area contributed by atoms with Crippen LogP contribution in [0.1, 0.15) is 0 Å². The average Bonchev–Trinajstić information content (AvgIpc) is 0. The van der Waals surface area contributed by atoms with Crippen molar-refractivity contribution in [2.45, 2.75) is 0 Å². The largest absolute Gasteiger partial charge is 3.00 e. The smallest absolute Gasteiger partial charge is 2.00 e. The molecule has 0 unspecified atom stereocenters. The summed E-state index contributed by atoms with van der Waals surface area (Å²) < 4.78 is 0. The first-order valence-electron chi connectivity index (χ1n) is 0. The quantitative estimate of drug-likeness (QED) is 0.537. The molecule has 0 rings (SSSR count). The summed E-state index contributed by atoms with van der Waals surface area (Å²) in [5.74, 6) is 0. The normalized spacial score (nSPS) is 0. The van der Waals surface area contributed by atoms with Gasteiger partial charge >= 0.3 is 75.6 Å². The molecule has 0 aliphatic heterocycles. The summed E-state index contributed by atoms with van der Waals surface area (Å²) in [6.45, 7) is 0. The van der Waals surface area contributed by atoms with E-state index >= 15 is 0 Å². The zero-order valence-corrected chi connectivity index (χ0v) is 8.26. The Morgan fingerprint density at radius 1 is 0.571 bits per heavy atom. The Balaban J connectivity index is 0. The molecule has 0 saturated heterocycles. The molecule has 0 bridgehead atoms. The van der Waals surface area contributed by atoms with Crippen molar-refractivity contribution in [3.8, 4) is 0 Å². The summed E-state index contributed by atoms with van der Waals surface area (Å²) in [5.41, 5.74) is 0. The van der Waals surface area contributed by atoms with Crippen molar-refractivity contribution < 1.29 is 97.5 Å². The third-order valence-corrected chi connectivity index (χ3v) is 0. The van der Waals surface area contributed by atoms with E-state index in [1.54, 1.807) is 0 Å². The molecule has 0 aliphatic carbocycles. The second-order valence-corrected chi connectivity index (χ2v) is 0. The van der Waals surface area contributed by atoms with Crippen LogP contribution < -0.4 is 0 Å². The Morgan fingerprint density at radius 2 is 0.571 bits per heavy atom. The fraction of sp³-hybridized carbons (Fsp3) is 0. The van der Waals surface area contributed by atoms with Crippen LogP contribution in [0.5, 0.6) is 0 Å². The molecule has 0 aromatic rings. The summed E-state index contributed by atoms with van der Waals surface area (Å²) in [6, 6.07) is 0. The first-order valence-corrected chi connectivity index (χ1v) is 0. The molecule has 0 spiro atoms. The number of hydrogen-bond donors (Lipinski definition) is 0. The second-order valence-electron chi connectivity index (χ2n) is 0. The van der Waals surface area contributed by atoms with E-state index in [9.17, 15) is 0 Å². The summed E-state index contributed by atoms with van der Waals surface area (Å²) in [4.78, 5) is 0. The number of rotatable bonds is 0. The van der Waals surface area contributed by atoms with Gasteiger partial charge in [0.15, 0.2) is 0 Å². The van der Waals surface area contributed by atoms with Crippen LogP contribution in [0.3, 0.4) is 0 Å². The summed E-state index contributed by atoms with van der Waals surface area (Å²) in [6.07, 6.45) is 0. The Morgan fingerprint density at radius 3 is 0.571 bits per heavy atom. The maximum Gasteiger partial charge on any atom is 3.00 e. The first kappa shape index (κ1) is 125. The molecule has 4 nitrogen and oxygen atoms in total. The molecule has 44 valence electrons. The topological polar surface area (TPSA) is 114 Å². The molecular formula is CeCrNiO4. The molecular weight excluding hydrogens is 315 g/mol. The molecule has 0 saturated carbocycles. The van der Waals surface area contributed by atoms with Crippen molar-refractivity contribution in [2.24, 2.45) is 0 Å². The Kier molecular flexibility index (Phi) is 1530. The summed E-state index contributed by atoms with van der Waals surface area (Å²) >= 11 is 0. The minimum Gasteiger partial charge on any atom is -2.00 e. The maximum absolute atomic E-state index is 0. The third kappa shape index (κ3) is 63.9. The molecule has 2 radical (unpaired) electrons. The van der Waals surface area contributed by atoms with E-state index in [2.05, 4.69) is 0 Å². The van der Waals surface area contributed by atoms with Crippen LogP contribution in [0.25, 0.3) is 0 Å². The first-order chi connectivity index (χ1) is 0. The maximum atomic E-state index is 0. The van der Waals surface area contributed by atoms with E-state index < -0.39 is 0 Å². The molecule has 0 aromatic heterocycles. The van der Waals surface area contributed by atoms with Crippen LogP contribution in [0.4, 0.5) is 0 Å². The molecule has 0 amide bonds. The summed E-state index contributed by atoms with van der Waals surface area (Å²) in [5, 5.41) is 0.